The summed E-state index contributed by atoms with van der Waals surface area (Å²) in [6.07, 6.45) is 2.18. The smallest absolute Gasteiger partial charge is 0.276 e. The van der Waals surface area contributed by atoms with E-state index in [2.05, 4.69) is 25.9 Å². The van der Waals surface area contributed by atoms with Crippen molar-refractivity contribution in [2.45, 2.75) is 25.4 Å². The number of nitrogens with zero attached hydrogens (tertiary/aromatic N) is 6. The molecule has 0 aliphatic heterocycles. The Bertz CT molecular complexity index is 1280. The Morgan fingerprint density at radius 1 is 1.00 bits per heavy atom. The Hall–Kier alpha value is -4.14. The molecule has 31 heavy (non-hydrogen) atoms. The van der Waals surface area contributed by atoms with E-state index in [1.54, 1.807) is 12.1 Å². The van der Waals surface area contributed by atoms with Gasteiger partial charge in [0.2, 0.25) is 0 Å². The van der Waals surface area contributed by atoms with Crippen molar-refractivity contribution in [3.63, 3.8) is 0 Å². The second-order valence-corrected chi connectivity index (χ2v) is 7.41. The molecule has 0 radical (unpaired) electrons. The molecule has 154 valence electrons. The molecular formula is C22H19N7O2. The molecule has 2 aromatic carbocycles. The van der Waals surface area contributed by atoms with Crippen molar-refractivity contribution in [1.29, 1.82) is 0 Å². The van der Waals surface area contributed by atoms with Crippen LogP contribution in [0.3, 0.4) is 0 Å². The molecule has 1 aliphatic rings. The van der Waals surface area contributed by atoms with Crippen LogP contribution in [0, 0.1) is 0 Å². The zero-order chi connectivity index (χ0) is 21.2. The number of benzene rings is 2. The van der Waals surface area contributed by atoms with E-state index in [9.17, 15) is 9.59 Å². The predicted molar refractivity (Wildman–Crippen MR) is 114 cm³/mol. The van der Waals surface area contributed by atoms with Gasteiger partial charge in [-0.15, -0.1) is 5.10 Å². The summed E-state index contributed by atoms with van der Waals surface area (Å²) in [7, 11) is 0. The van der Waals surface area contributed by atoms with Crippen LogP contribution in [0.2, 0.25) is 0 Å². The molecule has 0 bridgehead atoms. The Kier molecular flexibility index (Phi) is 4.83. The van der Waals surface area contributed by atoms with Gasteiger partial charge in [-0.3, -0.25) is 9.59 Å². The maximum Gasteiger partial charge on any atom is 0.276 e. The lowest BCUT2D eigenvalue weighted by Crippen LogP contribution is -2.26. The van der Waals surface area contributed by atoms with E-state index in [4.69, 9.17) is 0 Å². The van der Waals surface area contributed by atoms with Crippen molar-refractivity contribution in [3.8, 4) is 11.4 Å². The summed E-state index contributed by atoms with van der Waals surface area (Å²) < 4.78 is 3.12. The third-order valence-electron chi connectivity index (χ3n) is 5.06. The summed E-state index contributed by atoms with van der Waals surface area (Å²) in [5.41, 5.74) is 2.32. The third-order valence-corrected chi connectivity index (χ3v) is 5.06. The molecule has 0 unspecified atom stereocenters. The van der Waals surface area contributed by atoms with Gasteiger partial charge in [0.1, 0.15) is 5.69 Å². The molecule has 1 saturated carbocycles. The summed E-state index contributed by atoms with van der Waals surface area (Å²) in [6, 6.07) is 20.0. The lowest BCUT2D eigenvalue weighted by molar-refractivity contribution is 0.102. The molecule has 1 N–H and O–H groups in total. The molecule has 0 spiro atoms. The Labute approximate surface area is 177 Å². The minimum absolute atomic E-state index is 0.164. The number of anilines is 1. The average Bonchev–Trinajstić information content (AvgIpc) is 3.53. The molecule has 1 fully saturated rings. The number of hydrogen-bond donors (Lipinski definition) is 1. The topological polar surface area (TPSA) is 108 Å². The van der Waals surface area contributed by atoms with Gasteiger partial charge < -0.3 is 5.32 Å². The number of tetrazole rings is 1. The Morgan fingerprint density at radius 3 is 2.52 bits per heavy atom. The first kappa shape index (κ1) is 18.9. The van der Waals surface area contributed by atoms with Gasteiger partial charge in [0.25, 0.3) is 11.5 Å². The zero-order valence-corrected chi connectivity index (χ0v) is 16.5. The largest absolute Gasteiger partial charge is 0.321 e. The monoisotopic (exact) mass is 413 g/mol. The summed E-state index contributed by atoms with van der Waals surface area (Å²) in [6.45, 7) is 0.297. The van der Waals surface area contributed by atoms with Crippen LogP contribution in [0.15, 0.2) is 71.5 Å². The number of aromatic nitrogens is 6. The molecular weight excluding hydrogens is 394 g/mol. The van der Waals surface area contributed by atoms with Gasteiger partial charge in [0, 0.05) is 17.3 Å². The predicted octanol–water partition coefficient (Wildman–Crippen LogP) is 2.53. The van der Waals surface area contributed by atoms with Crippen molar-refractivity contribution in [3.05, 3.63) is 88.3 Å². The number of hydrogen-bond acceptors (Lipinski definition) is 6. The Balaban J connectivity index is 1.31. The molecule has 2 aromatic heterocycles. The van der Waals surface area contributed by atoms with Crippen molar-refractivity contribution in [1.82, 2.24) is 30.0 Å². The first-order valence-electron chi connectivity index (χ1n) is 9.99. The summed E-state index contributed by atoms with van der Waals surface area (Å²) in [5.74, 6) is 0.326. The van der Waals surface area contributed by atoms with Gasteiger partial charge in [0.15, 0.2) is 5.82 Å². The van der Waals surface area contributed by atoms with Crippen LogP contribution < -0.4 is 10.9 Å². The normalized spacial score (nSPS) is 13.2. The van der Waals surface area contributed by atoms with Crippen molar-refractivity contribution in [2.75, 3.05) is 5.32 Å². The molecule has 2 heterocycles. The molecule has 0 saturated heterocycles. The van der Waals surface area contributed by atoms with Gasteiger partial charge in [-0.25, -0.2) is 9.36 Å². The molecule has 0 atom stereocenters. The van der Waals surface area contributed by atoms with Crippen LogP contribution in [0.25, 0.3) is 11.4 Å². The number of carbonyl (C=O) groups is 1. The first-order valence-corrected chi connectivity index (χ1v) is 9.99. The molecule has 5 rings (SSSR count). The van der Waals surface area contributed by atoms with Gasteiger partial charge in [-0.1, -0.05) is 30.3 Å². The maximum absolute atomic E-state index is 12.7. The first-order chi connectivity index (χ1) is 15.2. The van der Waals surface area contributed by atoms with Crippen LogP contribution in [0.1, 0.15) is 34.9 Å². The van der Waals surface area contributed by atoms with Crippen LogP contribution in [-0.2, 0) is 6.54 Å². The summed E-state index contributed by atoms with van der Waals surface area (Å²) in [4.78, 5) is 24.8. The van der Waals surface area contributed by atoms with E-state index in [1.165, 1.54) is 16.8 Å². The molecule has 9 nitrogen and oxygen atoms in total. The number of nitrogens with one attached hydrogen (secondary N) is 1. The standard InChI is InChI=1S/C22H19N7O2/c30-20-13-12-19(25-28(20)14-15-4-2-1-3-5-15)22(31)23-17-8-6-16(7-9-17)21-24-26-27-29(21)18-10-11-18/h1-9,12-13,18H,10-11,14H2,(H,23,31). The van der Waals surface area contributed by atoms with Gasteiger partial charge in [-0.05, 0) is 59.2 Å². The van der Waals surface area contributed by atoms with Gasteiger partial charge in [0.05, 0.1) is 12.6 Å². The van der Waals surface area contributed by atoms with Crippen molar-refractivity contribution < 1.29 is 4.79 Å². The van der Waals surface area contributed by atoms with E-state index in [0.717, 1.165) is 29.8 Å². The lowest BCUT2D eigenvalue weighted by Gasteiger charge is -2.09. The van der Waals surface area contributed by atoms with Crippen molar-refractivity contribution >= 4 is 11.6 Å². The van der Waals surface area contributed by atoms with Gasteiger partial charge in [-0.2, -0.15) is 5.10 Å². The zero-order valence-electron chi connectivity index (χ0n) is 16.5. The van der Waals surface area contributed by atoms with Crippen LogP contribution in [0.4, 0.5) is 5.69 Å². The second kappa shape index (κ2) is 7.94. The van der Waals surface area contributed by atoms with E-state index < -0.39 is 5.91 Å². The number of carbonyl (C=O) groups excluding carboxylic acids is 1. The van der Waals surface area contributed by atoms with E-state index in [1.807, 2.05) is 47.1 Å². The van der Waals surface area contributed by atoms with E-state index >= 15 is 0 Å². The highest BCUT2D eigenvalue weighted by Crippen LogP contribution is 2.36. The molecule has 1 amide bonds. The summed E-state index contributed by atoms with van der Waals surface area (Å²) >= 11 is 0. The minimum atomic E-state index is -0.391. The van der Waals surface area contributed by atoms with Gasteiger partial charge >= 0.3 is 0 Å². The Morgan fingerprint density at radius 2 is 1.77 bits per heavy atom. The van der Waals surface area contributed by atoms with Crippen LogP contribution >= 0.6 is 0 Å². The summed E-state index contributed by atoms with van der Waals surface area (Å²) in [5, 5.41) is 19.0. The van der Waals surface area contributed by atoms with E-state index in [-0.39, 0.29) is 11.3 Å². The minimum Gasteiger partial charge on any atom is -0.321 e. The fourth-order valence-electron chi connectivity index (χ4n) is 3.29. The highest BCUT2D eigenvalue weighted by atomic mass is 16.2. The second-order valence-electron chi connectivity index (χ2n) is 7.41. The highest BCUT2D eigenvalue weighted by molar-refractivity contribution is 6.02. The molecule has 4 aromatic rings. The third kappa shape index (κ3) is 4.11. The fourth-order valence-corrected chi connectivity index (χ4v) is 3.29. The fraction of sp³-hybridized carbons (Fsp3) is 0.182. The van der Waals surface area contributed by atoms with E-state index in [0.29, 0.717) is 18.3 Å². The molecule has 1 aliphatic carbocycles. The average molecular weight is 413 g/mol. The number of amides is 1. The quantitative estimate of drug-likeness (QED) is 0.520. The lowest BCUT2D eigenvalue weighted by atomic mass is 10.2. The van der Waals surface area contributed by atoms with Crippen molar-refractivity contribution in [2.24, 2.45) is 0 Å². The highest BCUT2D eigenvalue weighted by Gasteiger charge is 2.28. The van der Waals surface area contributed by atoms with Crippen LogP contribution in [-0.4, -0.2) is 35.9 Å². The van der Waals surface area contributed by atoms with Crippen LogP contribution in [0.5, 0.6) is 0 Å². The maximum atomic E-state index is 12.7. The molecule has 9 heteroatoms. The number of rotatable bonds is 6. The SMILES string of the molecule is O=C(Nc1ccc(-c2nnnn2C2CC2)cc1)c1ccc(=O)n(Cc2ccccc2)n1.